The van der Waals surface area contributed by atoms with Gasteiger partial charge in [-0.3, -0.25) is 9.78 Å². The molecule has 8 nitrogen and oxygen atoms in total. The van der Waals surface area contributed by atoms with Gasteiger partial charge in [0.1, 0.15) is 6.04 Å². The first-order valence-corrected chi connectivity index (χ1v) is 6.38. The van der Waals surface area contributed by atoms with Crippen LogP contribution in [0.2, 0.25) is 0 Å². The number of primary amides is 1. The van der Waals surface area contributed by atoms with Gasteiger partial charge in [-0.2, -0.15) is 0 Å². The van der Waals surface area contributed by atoms with Crippen molar-refractivity contribution in [3.63, 3.8) is 0 Å². The van der Waals surface area contributed by atoms with Crippen molar-refractivity contribution < 1.29 is 19.5 Å². The van der Waals surface area contributed by atoms with E-state index in [-0.39, 0.29) is 18.9 Å². The van der Waals surface area contributed by atoms with Crippen LogP contribution in [-0.2, 0) is 9.59 Å². The quantitative estimate of drug-likeness (QED) is 0.568. The van der Waals surface area contributed by atoms with Gasteiger partial charge in [0.2, 0.25) is 5.91 Å². The molecule has 0 aliphatic heterocycles. The minimum absolute atomic E-state index is 0.0538. The van der Waals surface area contributed by atoms with Crippen LogP contribution in [0.15, 0.2) is 24.5 Å². The number of hydrogen-bond acceptors (Lipinski definition) is 4. The third-order valence-electron chi connectivity index (χ3n) is 2.84. The Kier molecular flexibility index (Phi) is 6.12. The van der Waals surface area contributed by atoms with Crippen LogP contribution in [0.4, 0.5) is 4.79 Å². The van der Waals surface area contributed by atoms with Crippen molar-refractivity contribution in [2.24, 2.45) is 5.73 Å². The number of nitrogens with one attached hydrogen (secondary N) is 2. The number of nitrogens with zero attached hydrogens (tertiary/aromatic N) is 1. The number of nitrogens with two attached hydrogens (primary N) is 1. The maximum Gasteiger partial charge on any atom is 0.326 e. The van der Waals surface area contributed by atoms with E-state index in [2.05, 4.69) is 15.6 Å². The highest BCUT2D eigenvalue weighted by molar-refractivity contribution is 5.83. The van der Waals surface area contributed by atoms with E-state index in [1.165, 1.54) is 0 Å². The largest absolute Gasteiger partial charge is 0.480 e. The molecule has 1 aromatic rings. The predicted molar refractivity (Wildman–Crippen MR) is 74.2 cm³/mol. The fraction of sp³-hybridized carbons (Fsp3) is 0.385. The Morgan fingerprint density at radius 2 is 1.90 bits per heavy atom. The smallest absolute Gasteiger partial charge is 0.326 e. The Labute approximate surface area is 121 Å². The lowest BCUT2D eigenvalue weighted by atomic mass is 10.1. The number of amides is 3. The highest BCUT2D eigenvalue weighted by atomic mass is 16.4. The summed E-state index contributed by atoms with van der Waals surface area (Å²) in [5.41, 5.74) is 5.80. The molecule has 114 valence electrons. The Hall–Kier alpha value is -2.64. The molecule has 1 heterocycles. The minimum Gasteiger partial charge on any atom is -0.480 e. The average Bonchev–Trinajstić information content (AvgIpc) is 2.43. The molecule has 21 heavy (non-hydrogen) atoms. The standard InChI is InChI=1S/C13H18N4O4/c1-8(9-4-6-15-7-5-9)16-13(21)17-10(12(19)20)2-3-11(14)18/h4-8,10H,2-3H2,1H3,(H2,14,18)(H,19,20)(H2,16,17,21)/t8?,10-/m1/s1. The highest BCUT2D eigenvalue weighted by Gasteiger charge is 2.21. The molecule has 0 fully saturated rings. The van der Waals surface area contributed by atoms with E-state index in [1.807, 2.05) is 0 Å². The maximum absolute atomic E-state index is 11.8. The highest BCUT2D eigenvalue weighted by Crippen LogP contribution is 2.09. The zero-order valence-corrected chi connectivity index (χ0v) is 11.6. The first kappa shape index (κ1) is 16.4. The van der Waals surface area contributed by atoms with Gasteiger partial charge in [0.05, 0.1) is 6.04 Å². The summed E-state index contributed by atoms with van der Waals surface area (Å²) < 4.78 is 0. The molecule has 0 spiro atoms. The van der Waals surface area contributed by atoms with Crippen LogP contribution in [-0.4, -0.2) is 34.0 Å². The maximum atomic E-state index is 11.8. The fourth-order valence-electron chi connectivity index (χ4n) is 1.68. The average molecular weight is 294 g/mol. The van der Waals surface area contributed by atoms with Gasteiger partial charge in [-0.05, 0) is 31.0 Å². The van der Waals surface area contributed by atoms with E-state index >= 15 is 0 Å². The second-order valence-corrected chi connectivity index (χ2v) is 4.52. The number of pyridine rings is 1. The SMILES string of the molecule is CC(NC(=O)N[C@H](CCC(N)=O)C(=O)O)c1ccncc1. The van der Waals surface area contributed by atoms with Gasteiger partial charge in [-0.25, -0.2) is 9.59 Å². The van der Waals surface area contributed by atoms with Crippen molar-refractivity contribution in [3.8, 4) is 0 Å². The summed E-state index contributed by atoms with van der Waals surface area (Å²) in [4.78, 5) is 37.3. The van der Waals surface area contributed by atoms with Crippen LogP contribution >= 0.6 is 0 Å². The molecule has 0 bridgehead atoms. The third kappa shape index (κ3) is 5.89. The van der Waals surface area contributed by atoms with Crippen molar-refractivity contribution in [1.82, 2.24) is 15.6 Å². The number of hydrogen-bond donors (Lipinski definition) is 4. The van der Waals surface area contributed by atoms with Gasteiger partial charge < -0.3 is 21.5 Å². The molecule has 1 unspecified atom stereocenters. The molecule has 0 aliphatic rings. The molecular formula is C13H18N4O4. The van der Waals surface area contributed by atoms with Gasteiger partial charge in [0, 0.05) is 18.8 Å². The minimum atomic E-state index is -1.22. The van der Waals surface area contributed by atoms with Gasteiger partial charge >= 0.3 is 12.0 Å². The lowest BCUT2D eigenvalue weighted by molar-refractivity contribution is -0.139. The molecule has 0 radical (unpaired) electrons. The lowest BCUT2D eigenvalue weighted by Crippen LogP contribution is -2.46. The number of rotatable bonds is 7. The summed E-state index contributed by atoms with van der Waals surface area (Å²) >= 11 is 0. The predicted octanol–water partition coefficient (Wildman–Crippen LogP) is 0.161. The molecule has 0 aliphatic carbocycles. The summed E-state index contributed by atoms with van der Waals surface area (Å²) in [6, 6.07) is 1.39. The van der Waals surface area contributed by atoms with Crippen LogP contribution in [0.5, 0.6) is 0 Å². The summed E-state index contributed by atoms with van der Waals surface area (Å²) in [6.07, 6.45) is 3.02. The Bertz CT molecular complexity index is 506. The number of aromatic nitrogens is 1. The first-order valence-electron chi connectivity index (χ1n) is 6.38. The van der Waals surface area contributed by atoms with Gasteiger partial charge in [0.15, 0.2) is 0 Å². The zero-order valence-electron chi connectivity index (χ0n) is 11.6. The van der Waals surface area contributed by atoms with E-state index in [4.69, 9.17) is 10.8 Å². The molecule has 1 rings (SSSR count). The van der Waals surface area contributed by atoms with Crippen LogP contribution < -0.4 is 16.4 Å². The van der Waals surface area contributed by atoms with E-state index < -0.39 is 23.9 Å². The summed E-state index contributed by atoms with van der Waals surface area (Å²) in [5.74, 6) is -1.84. The van der Waals surface area contributed by atoms with Crippen molar-refractivity contribution in [1.29, 1.82) is 0 Å². The molecule has 0 saturated heterocycles. The first-order chi connectivity index (χ1) is 9.90. The molecule has 0 aromatic carbocycles. The van der Waals surface area contributed by atoms with Crippen LogP contribution in [0, 0.1) is 0 Å². The molecule has 8 heteroatoms. The summed E-state index contributed by atoms with van der Waals surface area (Å²) in [5, 5.41) is 13.9. The molecule has 0 saturated carbocycles. The number of carboxylic acids is 1. The Morgan fingerprint density at radius 3 is 2.43 bits per heavy atom. The Balaban J connectivity index is 2.54. The molecule has 1 aromatic heterocycles. The summed E-state index contributed by atoms with van der Waals surface area (Å²) in [7, 11) is 0. The lowest BCUT2D eigenvalue weighted by Gasteiger charge is -2.18. The van der Waals surface area contributed by atoms with Crippen molar-refractivity contribution in [2.45, 2.75) is 31.8 Å². The third-order valence-corrected chi connectivity index (χ3v) is 2.84. The number of carboxylic acid groups (broad SMARTS) is 1. The van der Waals surface area contributed by atoms with E-state index in [0.717, 1.165) is 5.56 Å². The van der Waals surface area contributed by atoms with E-state index in [0.29, 0.717) is 0 Å². The normalized spacial score (nSPS) is 13.0. The summed E-state index contributed by atoms with van der Waals surface area (Å²) in [6.45, 7) is 1.76. The van der Waals surface area contributed by atoms with Crippen LogP contribution in [0.1, 0.15) is 31.4 Å². The van der Waals surface area contributed by atoms with Crippen molar-refractivity contribution in [2.75, 3.05) is 0 Å². The number of carbonyl (C=O) groups excluding carboxylic acids is 2. The second kappa shape index (κ2) is 7.83. The molecule has 5 N–H and O–H groups in total. The van der Waals surface area contributed by atoms with Gasteiger partial charge in [0.25, 0.3) is 0 Å². The Morgan fingerprint density at radius 1 is 1.29 bits per heavy atom. The number of urea groups is 1. The second-order valence-electron chi connectivity index (χ2n) is 4.52. The van der Waals surface area contributed by atoms with Crippen LogP contribution in [0.25, 0.3) is 0 Å². The van der Waals surface area contributed by atoms with E-state index in [1.54, 1.807) is 31.5 Å². The zero-order chi connectivity index (χ0) is 15.8. The molecular weight excluding hydrogens is 276 g/mol. The van der Waals surface area contributed by atoms with Crippen LogP contribution in [0.3, 0.4) is 0 Å². The number of aliphatic carboxylic acids is 1. The van der Waals surface area contributed by atoms with Gasteiger partial charge in [-0.15, -0.1) is 0 Å². The monoisotopic (exact) mass is 294 g/mol. The van der Waals surface area contributed by atoms with Gasteiger partial charge in [-0.1, -0.05) is 0 Å². The fourth-order valence-corrected chi connectivity index (χ4v) is 1.68. The number of carbonyl (C=O) groups is 3. The topological polar surface area (TPSA) is 134 Å². The molecule has 2 atom stereocenters. The van der Waals surface area contributed by atoms with E-state index in [9.17, 15) is 14.4 Å². The van der Waals surface area contributed by atoms with Crippen molar-refractivity contribution >= 4 is 17.9 Å². The van der Waals surface area contributed by atoms with Crippen molar-refractivity contribution in [3.05, 3.63) is 30.1 Å². The molecule has 3 amide bonds.